The van der Waals surface area contributed by atoms with E-state index < -0.39 is 5.82 Å². The van der Waals surface area contributed by atoms with E-state index in [0.29, 0.717) is 24.3 Å². The Morgan fingerprint density at radius 2 is 2.20 bits per heavy atom. The summed E-state index contributed by atoms with van der Waals surface area (Å²) in [4.78, 5) is 25.8. The molecule has 1 saturated heterocycles. The number of pyridine rings is 1. The predicted molar refractivity (Wildman–Crippen MR) is 108 cm³/mol. The fraction of sp³-hybridized carbons (Fsp3) is 0.429. The van der Waals surface area contributed by atoms with Crippen LogP contribution in [0.4, 0.5) is 10.2 Å². The monoisotopic (exact) mass is 413 g/mol. The van der Waals surface area contributed by atoms with Gasteiger partial charge in [0.2, 0.25) is 5.91 Å². The second-order valence-corrected chi connectivity index (χ2v) is 7.49. The van der Waals surface area contributed by atoms with Crippen LogP contribution in [0.25, 0.3) is 6.08 Å². The van der Waals surface area contributed by atoms with Crippen LogP contribution in [0.1, 0.15) is 12.0 Å². The van der Waals surface area contributed by atoms with Gasteiger partial charge in [-0.15, -0.1) is 0 Å². The molecule has 2 atom stereocenters. The summed E-state index contributed by atoms with van der Waals surface area (Å²) in [6.07, 6.45) is 8.65. The number of aliphatic hydroxyl groups excluding tert-OH is 1. The van der Waals surface area contributed by atoms with Crippen molar-refractivity contribution in [1.29, 1.82) is 0 Å². The smallest absolute Gasteiger partial charge is 0.318 e. The van der Waals surface area contributed by atoms with Crippen LogP contribution in [0.5, 0.6) is 6.01 Å². The Bertz CT molecular complexity index is 899. The number of anilines is 1. The largest absolute Gasteiger partial charge is 0.461 e. The molecule has 2 aromatic rings. The minimum atomic E-state index is -0.475. The van der Waals surface area contributed by atoms with E-state index >= 15 is 0 Å². The Morgan fingerprint density at radius 3 is 2.93 bits per heavy atom. The van der Waals surface area contributed by atoms with E-state index in [9.17, 15) is 9.18 Å². The number of piperidine rings is 1. The molecule has 4 rings (SSSR count). The van der Waals surface area contributed by atoms with Gasteiger partial charge in [-0.2, -0.15) is 4.98 Å². The Hall–Kier alpha value is -3.07. The summed E-state index contributed by atoms with van der Waals surface area (Å²) in [6.45, 7) is 2.01. The zero-order valence-corrected chi connectivity index (χ0v) is 16.4. The summed E-state index contributed by atoms with van der Waals surface area (Å²) >= 11 is 0. The minimum absolute atomic E-state index is 0.0691. The zero-order valence-electron chi connectivity index (χ0n) is 16.4. The maximum Gasteiger partial charge on any atom is 0.318 e. The van der Waals surface area contributed by atoms with Crippen molar-refractivity contribution in [3.05, 3.63) is 48.2 Å². The van der Waals surface area contributed by atoms with Crippen molar-refractivity contribution in [3.8, 4) is 6.01 Å². The average Bonchev–Trinajstić information content (AvgIpc) is 3.20. The number of fused-ring (bicyclic) bond motifs is 1. The van der Waals surface area contributed by atoms with Gasteiger partial charge >= 0.3 is 6.01 Å². The molecule has 2 aromatic heterocycles. The lowest BCUT2D eigenvalue weighted by Crippen LogP contribution is -2.28. The summed E-state index contributed by atoms with van der Waals surface area (Å²) in [6, 6.07) is 3.78. The number of aliphatic hydroxyl groups is 1. The van der Waals surface area contributed by atoms with Gasteiger partial charge in [-0.1, -0.05) is 6.07 Å². The molecular formula is C21H24FN5O3. The second kappa shape index (κ2) is 9.17. The lowest BCUT2D eigenvalue weighted by atomic mass is 10.2. The lowest BCUT2D eigenvalue weighted by molar-refractivity contribution is -0.116. The fourth-order valence-electron chi connectivity index (χ4n) is 4.09. The van der Waals surface area contributed by atoms with Crippen LogP contribution in [0.3, 0.4) is 0 Å². The van der Waals surface area contributed by atoms with Crippen molar-refractivity contribution < 1.29 is 19.0 Å². The molecule has 158 valence electrons. The van der Waals surface area contributed by atoms with Gasteiger partial charge in [0.1, 0.15) is 6.61 Å². The second-order valence-electron chi connectivity index (χ2n) is 7.49. The zero-order chi connectivity index (χ0) is 20.9. The van der Waals surface area contributed by atoms with Crippen LogP contribution < -0.4 is 15.0 Å². The lowest BCUT2D eigenvalue weighted by Gasteiger charge is -2.21. The first-order valence-electron chi connectivity index (χ1n) is 10.0. The maximum atomic E-state index is 14.1. The van der Waals surface area contributed by atoms with Gasteiger partial charge in [0, 0.05) is 38.1 Å². The quantitative estimate of drug-likeness (QED) is 0.598. The van der Waals surface area contributed by atoms with Crippen LogP contribution in [-0.2, 0) is 4.79 Å². The first kappa shape index (κ1) is 20.2. The molecule has 2 unspecified atom stereocenters. The molecule has 0 radical (unpaired) electrons. The molecule has 2 fully saturated rings. The number of aromatic nitrogens is 3. The van der Waals surface area contributed by atoms with E-state index in [4.69, 9.17) is 9.84 Å². The molecule has 1 aliphatic heterocycles. The number of amides is 1. The van der Waals surface area contributed by atoms with Crippen LogP contribution in [0, 0.1) is 23.6 Å². The molecule has 3 heterocycles. The van der Waals surface area contributed by atoms with Crippen LogP contribution in [-0.4, -0.2) is 58.8 Å². The summed E-state index contributed by atoms with van der Waals surface area (Å²) < 4.78 is 19.3. The summed E-state index contributed by atoms with van der Waals surface area (Å²) in [5.41, 5.74) is 0.881. The molecular weight excluding hydrogens is 389 g/mol. The van der Waals surface area contributed by atoms with Gasteiger partial charge in [-0.3, -0.25) is 9.78 Å². The highest BCUT2D eigenvalue weighted by molar-refractivity contribution is 5.91. The third kappa shape index (κ3) is 4.73. The van der Waals surface area contributed by atoms with Crippen LogP contribution in [0.2, 0.25) is 0 Å². The highest BCUT2D eigenvalue weighted by Crippen LogP contribution is 2.54. The van der Waals surface area contributed by atoms with Gasteiger partial charge in [-0.25, -0.2) is 9.37 Å². The van der Waals surface area contributed by atoms with Crippen molar-refractivity contribution in [1.82, 2.24) is 20.3 Å². The summed E-state index contributed by atoms with van der Waals surface area (Å²) in [5.74, 6) is 1.17. The van der Waals surface area contributed by atoms with Crippen molar-refractivity contribution in [2.45, 2.75) is 6.42 Å². The number of rotatable bonds is 9. The van der Waals surface area contributed by atoms with Gasteiger partial charge in [-0.05, 0) is 41.9 Å². The predicted octanol–water partition coefficient (Wildman–Crippen LogP) is 1.28. The van der Waals surface area contributed by atoms with E-state index in [1.54, 1.807) is 18.5 Å². The highest BCUT2D eigenvalue weighted by Gasteiger charge is 2.55. The number of nitrogens with one attached hydrogen (secondary N) is 1. The molecule has 1 aliphatic carbocycles. The van der Waals surface area contributed by atoms with Gasteiger partial charge in [0.15, 0.2) is 11.6 Å². The number of ether oxygens (including phenoxy) is 1. The maximum absolute atomic E-state index is 14.1. The molecule has 2 aliphatic rings. The van der Waals surface area contributed by atoms with Gasteiger partial charge in [0.25, 0.3) is 0 Å². The first-order chi connectivity index (χ1) is 14.7. The number of carbonyl (C=O) groups excluding carboxylic acids is 1. The van der Waals surface area contributed by atoms with E-state index in [1.807, 2.05) is 17.0 Å². The standard InChI is InChI=1S/C21H24FN5O3/c22-18-11-25-21(30-9-8-28)26-20(18)27-12-16-15(17(16)13-27)5-7-24-19(29)4-3-14-2-1-6-23-10-14/h1-4,6,10-11,15-17,28H,5,7-9,12-13H2,(H,24,29)/b4-3+. The minimum Gasteiger partial charge on any atom is -0.461 e. The van der Waals surface area contributed by atoms with Gasteiger partial charge < -0.3 is 20.1 Å². The number of hydrogen-bond donors (Lipinski definition) is 2. The summed E-state index contributed by atoms with van der Waals surface area (Å²) in [7, 11) is 0. The molecule has 1 amide bonds. The fourth-order valence-corrected chi connectivity index (χ4v) is 4.09. The molecule has 0 aromatic carbocycles. The normalized spacial score (nSPS) is 22.2. The third-order valence-corrected chi connectivity index (χ3v) is 5.59. The third-order valence-electron chi connectivity index (χ3n) is 5.59. The van der Waals surface area contributed by atoms with E-state index in [-0.39, 0.29) is 30.9 Å². The van der Waals surface area contributed by atoms with Crippen LogP contribution in [0.15, 0.2) is 36.8 Å². The van der Waals surface area contributed by atoms with Crippen molar-refractivity contribution >= 4 is 17.8 Å². The average molecular weight is 413 g/mol. The SMILES string of the molecule is O=C(/C=C/c1cccnc1)NCCC1C2CN(c3nc(OCCO)ncc3F)CC12. The molecule has 1 saturated carbocycles. The van der Waals surface area contributed by atoms with Crippen LogP contribution >= 0.6 is 0 Å². The molecule has 9 heteroatoms. The first-order valence-corrected chi connectivity index (χ1v) is 10.0. The Morgan fingerprint density at radius 1 is 1.37 bits per heavy atom. The van der Waals surface area contributed by atoms with Crippen molar-refractivity contribution in [2.75, 3.05) is 37.7 Å². The summed E-state index contributed by atoms with van der Waals surface area (Å²) in [5, 5.41) is 11.7. The number of nitrogens with zero attached hydrogens (tertiary/aromatic N) is 4. The molecule has 0 spiro atoms. The van der Waals surface area contributed by atoms with Crippen molar-refractivity contribution in [2.24, 2.45) is 17.8 Å². The number of carbonyl (C=O) groups is 1. The number of hydrogen-bond acceptors (Lipinski definition) is 7. The number of halogens is 1. The molecule has 0 bridgehead atoms. The molecule has 2 N–H and O–H groups in total. The Labute approximate surface area is 173 Å². The van der Waals surface area contributed by atoms with Gasteiger partial charge in [0.05, 0.1) is 12.8 Å². The van der Waals surface area contributed by atoms with E-state index in [1.165, 1.54) is 6.08 Å². The Balaban J connectivity index is 1.21. The van der Waals surface area contributed by atoms with E-state index in [2.05, 4.69) is 20.3 Å². The van der Waals surface area contributed by atoms with E-state index in [0.717, 1.165) is 31.3 Å². The topological polar surface area (TPSA) is 100 Å². The Kier molecular flexibility index (Phi) is 6.18. The highest BCUT2D eigenvalue weighted by atomic mass is 19.1. The van der Waals surface area contributed by atoms with Crippen molar-refractivity contribution in [3.63, 3.8) is 0 Å². The molecule has 30 heavy (non-hydrogen) atoms. The molecule has 8 nitrogen and oxygen atoms in total.